The Kier molecular flexibility index (Phi) is 5.96. The van der Waals surface area contributed by atoms with Gasteiger partial charge in [0, 0.05) is 52.4 Å². The highest BCUT2D eigenvalue weighted by atomic mass is 16.2. The van der Waals surface area contributed by atoms with Crippen molar-refractivity contribution in [2.24, 2.45) is 5.92 Å². The fourth-order valence-corrected chi connectivity index (χ4v) is 2.92. The van der Waals surface area contributed by atoms with Gasteiger partial charge in [-0.1, -0.05) is 0 Å². The van der Waals surface area contributed by atoms with Crippen LogP contribution in [0.1, 0.15) is 36.0 Å². The van der Waals surface area contributed by atoms with Crippen LogP contribution in [0, 0.1) is 5.92 Å². The Morgan fingerprint density at radius 1 is 1.43 bits per heavy atom. The van der Waals surface area contributed by atoms with Crippen molar-refractivity contribution >= 4 is 17.6 Å². The van der Waals surface area contributed by atoms with Gasteiger partial charge in [-0.2, -0.15) is 0 Å². The Labute approximate surface area is 137 Å². The fraction of sp³-hybridized carbons (Fsp3) is 0.588. The van der Waals surface area contributed by atoms with Crippen molar-refractivity contribution in [3.63, 3.8) is 0 Å². The molecular weight excluding hydrogens is 292 g/mol. The van der Waals surface area contributed by atoms with Crippen LogP contribution in [0.5, 0.6) is 0 Å². The van der Waals surface area contributed by atoms with E-state index in [0.717, 1.165) is 32.4 Å². The normalized spacial score (nSPS) is 17.7. The Hall–Kier alpha value is -2.11. The number of piperidine rings is 1. The predicted molar refractivity (Wildman–Crippen MR) is 90.3 cm³/mol. The molecular formula is C17H26N4O2. The van der Waals surface area contributed by atoms with Gasteiger partial charge in [-0.15, -0.1) is 0 Å². The summed E-state index contributed by atoms with van der Waals surface area (Å²) in [6.45, 7) is 1.52. The zero-order valence-corrected chi connectivity index (χ0v) is 14.2. The van der Waals surface area contributed by atoms with Gasteiger partial charge in [-0.25, -0.2) is 4.98 Å². The number of nitrogens with zero attached hydrogens (tertiary/aromatic N) is 3. The standard InChI is InChI=1S/C17H26N4O2/c1-18-15-11-14(8-9-19-15)17(23)21-10-4-5-13(12-21)6-7-16(22)20(2)3/h8-9,11,13H,4-7,10,12H2,1-3H3,(H,18,19)/t13-/m0/s1. The van der Waals surface area contributed by atoms with E-state index in [1.54, 1.807) is 44.4 Å². The van der Waals surface area contributed by atoms with E-state index in [4.69, 9.17) is 0 Å². The van der Waals surface area contributed by atoms with Gasteiger partial charge in [0.15, 0.2) is 0 Å². The highest BCUT2D eigenvalue weighted by Crippen LogP contribution is 2.23. The summed E-state index contributed by atoms with van der Waals surface area (Å²) in [4.78, 5) is 32.1. The lowest BCUT2D eigenvalue weighted by atomic mass is 9.92. The second-order valence-electron chi connectivity index (χ2n) is 6.27. The number of rotatable bonds is 5. The minimum absolute atomic E-state index is 0.0486. The fourth-order valence-electron chi connectivity index (χ4n) is 2.92. The molecule has 6 nitrogen and oxygen atoms in total. The van der Waals surface area contributed by atoms with Crippen LogP contribution >= 0.6 is 0 Å². The third-order valence-electron chi connectivity index (χ3n) is 4.33. The molecule has 2 heterocycles. The lowest BCUT2D eigenvalue weighted by molar-refractivity contribution is -0.129. The van der Waals surface area contributed by atoms with Crippen LogP contribution in [0.4, 0.5) is 5.82 Å². The molecule has 126 valence electrons. The smallest absolute Gasteiger partial charge is 0.254 e. The van der Waals surface area contributed by atoms with Crippen LogP contribution in [0.3, 0.4) is 0 Å². The maximum absolute atomic E-state index is 12.7. The number of likely N-dealkylation sites (tertiary alicyclic amines) is 1. The molecule has 1 aromatic rings. The first-order chi connectivity index (χ1) is 11.0. The number of carbonyl (C=O) groups is 2. The van der Waals surface area contributed by atoms with E-state index < -0.39 is 0 Å². The SMILES string of the molecule is CNc1cc(C(=O)N2CCC[C@@H](CCC(=O)N(C)C)C2)ccn1. The highest BCUT2D eigenvalue weighted by Gasteiger charge is 2.25. The van der Waals surface area contributed by atoms with Gasteiger partial charge in [-0.05, 0) is 37.3 Å². The summed E-state index contributed by atoms with van der Waals surface area (Å²) in [7, 11) is 5.35. The van der Waals surface area contributed by atoms with Crippen molar-refractivity contribution in [1.82, 2.24) is 14.8 Å². The number of carbonyl (C=O) groups excluding carboxylic acids is 2. The summed E-state index contributed by atoms with van der Waals surface area (Å²) in [5, 5.41) is 2.95. The van der Waals surface area contributed by atoms with Gasteiger partial charge in [0.05, 0.1) is 0 Å². The highest BCUT2D eigenvalue weighted by molar-refractivity contribution is 5.94. The van der Waals surface area contributed by atoms with E-state index in [1.807, 2.05) is 4.90 Å². The van der Waals surface area contributed by atoms with Gasteiger partial charge >= 0.3 is 0 Å². The maximum atomic E-state index is 12.7. The quantitative estimate of drug-likeness (QED) is 0.900. The lowest BCUT2D eigenvalue weighted by Crippen LogP contribution is -2.40. The van der Waals surface area contributed by atoms with Gasteiger partial charge in [-0.3, -0.25) is 9.59 Å². The monoisotopic (exact) mass is 318 g/mol. The average molecular weight is 318 g/mol. The van der Waals surface area contributed by atoms with E-state index in [9.17, 15) is 9.59 Å². The molecule has 1 aliphatic heterocycles. The molecule has 1 atom stereocenters. The van der Waals surface area contributed by atoms with Gasteiger partial charge in [0.2, 0.25) is 5.91 Å². The molecule has 0 bridgehead atoms. The van der Waals surface area contributed by atoms with Gasteiger partial charge < -0.3 is 15.1 Å². The van der Waals surface area contributed by atoms with E-state index >= 15 is 0 Å². The molecule has 1 N–H and O–H groups in total. The Bertz CT molecular complexity index is 559. The summed E-state index contributed by atoms with van der Waals surface area (Å²) in [5.74, 6) is 1.30. The van der Waals surface area contributed by atoms with Crippen molar-refractivity contribution in [2.75, 3.05) is 39.5 Å². The molecule has 2 rings (SSSR count). The molecule has 2 amide bonds. The van der Waals surface area contributed by atoms with E-state index in [2.05, 4.69) is 10.3 Å². The summed E-state index contributed by atoms with van der Waals surface area (Å²) in [6, 6.07) is 3.53. The van der Waals surface area contributed by atoms with Crippen LogP contribution in [0.15, 0.2) is 18.3 Å². The van der Waals surface area contributed by atoms with Crippen LogP contribution in [0.25, 0.3) is 0 Å². The minimum atomic E-state index is 0.0486. The zero-order chi connectivity index (χ0) is 16.8. The number of hydrogen-bond donors (Lipinski definition) is 1. The molecule has 1 saturated heterocycles. The molecule has 0 aliphatic carbocycles. The molecule has 1 aromatic heterocycles. The Morgan fingerprint density at radius 2 is 2.22 bits per heavy atom. The zero-order valence-electron chi connectivity index (χ0n) is 14.2. The van der Waals surface area contributed by atoms with E-state index in [-0.39, 0.29) is 11.8 Å². The molecule has 23 heavy (non-hydrogen) atoms. The first kappa shape index (κ1) is 17.2. The Balaban J connectivity index is 1.94. The van der Waals surface area contributed by atoms with Gasteiger partial charge in [0.1, 0.15) is 5.82 Å². The number of amides is 2. The van der Waals surface area contributed by atoms with Crippen LogP contribution < -0.4 is 5.32 Å². The van der Waals surface area contributed by atoms with Crippen molar-refractivity contribution in [3.05, 3.63) is 23.9 Å². The van der Waals surface area contributed by atoms with Gasteiger partial charge in [0.25, 0.3) is 5.91 Å². The molecule has 1 aliphatic rings. The second-order valence-corrected chi connectivity index (χ2v) is 6.27. The molecule has 0 radical (unpaired) electrons. The first-order valence-electron chi connectivity index (χ1n) is 8.14. The number of pyridine rings is 1. The van der Waals surface area contributed by atoms with Crippen LogP contribution in [-0.2, 0) is 4.79 Å². The summed E-state index contributed by atoms with van der Waals surface area (Å²) >= 11 is 0. The first-order valence-corrected chi connectivity index (χ1v) is 8.14. The maximum Gasteiger partial charge on any atom is 0.254 e. The number of aromatic nitrogens is 1. The van der Waals surface area contributed by atoms with E-state index in [0.29, 0.717) is 23.7 Å². The molecule has 0 saturated carbocycles. The molecule has 0 aromatic carbocycles. The molecule has 0 spiro atoms. The number of anilines is 1. The third kappa shape index (κ3) is 4.68. The molecule has 0 unspecified atom stereocenters. The average Bonchev–Trinajstić information content (AvgIpc) is 2.59. The predicted octanol–water partition coefficient (Wildman–Crippen LogP) is 1.84. The summed E-state index contributed by atoms with van der Waals surface area (Å²) in [5.41, 5.74) is 0.661. The topological polar surface area (TPSA) is 65.5 Å². The van der Waals surface area contributed by atoms with Crippen molar-refractivity contribution < 1.29 is 9.59 Å². The summed E-state index contributed by atoms with van der Waals surface area (Å²) in [6.07, 6.45) is 5.13. The summed E-state index contributed by atoms with van der Waals surface area (Å²) < 4.78 is 0. The largest absolute Gasteiger partial charge is 0.373 e. The van der Waals surface area contributed by atoms with E-state index in [1.165, 1.54) is 0 Å². The Morgan fingerprint density at radius 3 is 2.91 bits per heavy atom. The lowest BCUT2D eigenvalue weighted by Gasteiger charge is -2.33. The third-order valence-corrected chi connectivity index (χ3v) is 4.33. The van der Waals surface area contributed by atoms with Crippen molar-refractivity contribution in [3.8, 4) is 0 Å². The minimum Gasteiger partial charge on any atom is -0.373 e. The second kappa shape index (κ2) is 7.94. The number of nitrogens with one attached hydrogen (secondary N) is 1. The van der Waals surface area contributed by atoms with Crippen LogP contribution in [0.2, 0.25) is 0 Å². The molecule has 6 heteroatoms. The number of hydrogen-bond acceptors (Lipinski definition) is 4. The van der Waals surface area contributed by atoms with Crippen molar-refractivity contribution in [1.29, 1.82) is 0 Å². The molecule has 1 fully saturated rings. The van der Waals surface area contributed by atoms with Crippen LogP contribution in [-0.4, -0.2) is 60.8 Å². The van der Waals surface area contributed by atoms with Crippen molar-refractivity contribution in [2.45, 2.75) is 25.7 Å².